The van der Waals surface area contributed by atoms with Crippen molar-refractivity contribution in [2.24, 2.45) is 0 Å². The van der Waals surface area contributed by atoms with Gasteiger partial charge in [0.25, 0.3) is 0 Å². The van der Waals surface area contributed by atoms with Gasteiger partial charge in [0.05, 0.1) is 4.88 Å². The Morgan fingerprint density at radius 3 is 2.56 bits per heavy atom. The van der Waals surface area contributed by atoms with Crippen LogP contribution in [0.25, 0.3) is 0 Å². The van der Waals surface area contributed by atoms with Crippen molar-refractivity contribution < 1.29 is 14.7 Å². The lowest BCUT2D eigenvalue weighted by molar-refractivity contribution is -0.144. The van der Waals surface area contributed by atoms with Gasteiger partial charge in [-0.15, -0.1) is 23.7 Å². The quantitative estimate of drug-likeness (QED) is 0.752. The van der Waals surface area contributed by atoms with E-state index in [1.807, 2.05) is 17.0 Å². The number of hydrogen-bond acceptors (Lipinski definition) is 4. The fourth-order valence-corrected chi connectivity index (χ4v) is 4.11. The maximum absolute atomic E-state index is 12.5. The smallest absolute Gasteiger partial charge is 0.320 e. The van der Waals surface area contributed by atoms with Crippen LogP contribution in [0.5, 0.6) is 0 Å². The van der Waals surface area contributed by atoms with Crippen molar-refractivity contribution in [3.8, 4) is 0 Å². The maximum Gasteiger partial charge on any atom is 0.320 e. The standard InChI is InChI=1S/C18H18ClNO3S.ClH/c19-13-6-4-12(5-7-13)17(21)16-9-8-14(24-16)11-20-10-2-1-3-15(20)18(22)23;/h4-9,15H,1-3,10-11H2,(H,22,23);1H. The molecule has 0 aliphatic carbocycles. The first-order chi connectivity index (χ1) is 11.5. The Labute approximate surface area is 161 Å². The van der Waals surface area contributed by atoms with E-state index in [2.05, 4.69) is 0 Å². The molecule has 1 saturated heterocycles. The molecule has 1 aliphatic heterocycles. The predicted octanol–water partition coefficient (Wildman–Crippen LogP) is 4.49. The summed E-state index contributed by atoms with van der Waals surface area (Å²) in [7, 11) is 0. The van der Waals surface area contributed by atoms with Gasteiger partial charge in [0.1, 0.15) is 6.04 Å². The summed E-state index contributed by atoms with van der Waals surface area (Å²) < 4.78 is 0. The average molecular weight is 400 g/mol. The molecule has 0 bridgehead atoms. The minimum absolute atomic E-state index is 0. The Hall–Kier alpha value is -1.40. The van der Waals surface area contributed by atoms with E-state index in [0.29, 0.717) is 28.4 Å². The fraction of sp³-hybridized carbons (Fsp3) is 0.333. The molecule has 4 nitrogen and oxygen atoms in total. The maximum atomic E-state index is 12.5. The number of halogens is 2. The number of ketones is 1. The predicted molar refractivity (Wildman–Crippen MR) is 102 cm³/mol. The van der Waals surface area contributed by atoms with Gasteiger partial charge in [-0.2, -0.15) is 0 Å². The summed E-state index contributed by atoms with van der Waals surface area (Å²) >= 11 is 7.28. The van der Waals surface area contributed by atoms with Crippen LogP contribution in [-0.4, -0.2) is 34.3 Å². The number of carboxylic acid groups (broad SMARTS) is 1. The van der Waals surface area contributed by atoms with Crippen molar-refractivity contribution in [3.05, 3.63) is 56.7 Å². The van der Waals surface area contributed by atoms with E-state index in [1.54, 1.807) is 24.3 Å². The number of likely N-dealkylation sites (tertiary alicyclic amines) is 1. The molecule has 2 heterocycles. The lowest BCUT2D eigenvalue weighted by Gasteiger charge is -2.32. The van der Waals surface area contributed by atoms with Crippen LogP contribution in [0.1, 0.15) is 39.4 Å². The highest BCUT2D eigenvalue weighted by atomic mass is 35.5. The van der Waals surface area contributed by atoms with E-state index in [1.165, 1.54) is 11.3 Å². The first kappa shape index (κ1) is 19.9. The zero-order valence-electron chi connectivity index (χ0n) is 13.5. The number of carbonyl (C=O) groups is 2. The number of thiophene rings is 1. The van der Waals surface area contributed by atoms with Crippen molar-refractivity contribution in [2.45, 2.75) is 31.8 Å². The summed E-state index contributed by atoms with van der Waals surface area (Å²) in [5.41, 5.74) is 0.606. The van der Waals surface area contributed by atoms with Crippen molar-refractivity contribution in [3.63, 3.8) is 0 Å². The first-order valence-electron chi connectivity index (χ1n) is 7.90. The number of aliphatic carboxylic acids is 1. The van der Waals surface area contributed by atoms with E-state index >= 15 is 0 Å². The number of benzene rings is 1. The van der Waals surface area contributed by atoms with Crippen LogP contribution < -0.4 is 0 Å². The average Bonchev–Trinajstić information content (AvgIpc) is 3.04. The molecule has 0 radical (unpaired) electrons. The minimum Gasteiger partial charge on any atom is -0.480 e. The number of nitrogens with zero attached hydrogens (tertiary/aromatic N) is 1. The van der Waals surface area contributed by atoms with Crippen molar-refractivity contribution in [1.82, 2.24) is 4.90 Å². The van der Waals surface area contributed by atoms with E-state index in [4.69, 9.17) is 11.6 Å². The number of carboxylic acids is 1. The van der Waals surface area contributed by atoms with Gasteiger partial charge in [-0.05, 0) is 55.8 Å². The highest BCUT2D eigenvalue weighted by molar-refractivity contribution is 7.14. The van der Waals surface area contributed by atoms with E-state index < -0.39 is 12.0 Å². The van der Waals surface area contributed by atoms with Gasteiger partial charge in [-0.1, -0.05) is 18.0 Å². The molecule has 3 rings (SSSR count). The molecule has 1 fully saturated rings. The van der Waals surface area contributed by atoms with Gasteiger partial charge in [-0.25, -0.2) is 0 Å². The molecule has 1 aliphatic rings. The number of hydrogen-bond donors (Lipinski definition) is 1. The van der Waals surface area contributed by atoms with Crippen LogP contribution in [0, 0.1) is 0 Å². The highest BCUT2D eigenvalue weighted by Crippen LogP contribution is 2.25. The largest absolute Gasteiger partial charge is 0.480 e. The molecule has 1 aromatic heterocycles. The molecule has 25 heavy (non-hydrogen) atoms. The second-order valence-corrected chi connectivity index (χ2v) is 7.53. The molecular weight excluding hydrogens is 381 g/mol. The molecular formula is C18H19Cl2NO3S. The summed E-state index contributed by atoms with van der Waals surface area (Å²) in [6, 6.07) is 10.2. The second-order valence-electron chi connectivity index (χ2n) is 5.92. The summed E-state index contributed by atoms with van der Waals surface area (Å²) in [5.74, 6) is -0.792. The zero-order valence-corrected chi connectivity index (χ0v) is 15.9. The normalized spacial score (nSPS) is 17.7. The SMILES string of the molecule is Cl.O=C(c1ccc(Cl)cc1)c1ccc(CN2CCCCC2C(=O)O)s1. The van der Waals surface area contributed by atoms with Crippen LogP contribution in [0.2, 0.25) is 5.02 Å². The Bertz CT molecular complexity index is 745. The van der Waals surface area contributed by atoms with E-state index in [-0.39, 0.29) is 18.2 Å². The summed E-state index contributed by atoms with van der Waals surface area (Å²) in [4.78, 5) is 27.5. The summed E-state index contributed by atoms with van der Waals surface area (Å²) in [6.07, 6.45) is 2.67. The van der Waals surface area contributed by atoms with Crippen LogP contribution >= 0.6 is 35.3 Å². The van der Waals surface area contributed by atoms with Gasteiger partial charge in [0, 0.05) is 22.0 Å². The molecule has 0 spiro atoms. The number of carbonyl (C=O) groups excluding carboxylic acids is 1. The monoisotopic (exact) mass is 399 g/mol. The fourth-order valence-electron chi connectivity index (χ4n) is 2.99. The third-order valence-corrected chi connectivity index (χ3v) is 5.57. The summed E-state index contributed by atoms with van der Waals surface area (Å²) in [5, 5.41) is 9.95. The Kier molecular flexibility index (Phi) is 7.02. The first-order valence-corrected chi connectivity index (χ1v) is 9.10. The molecule has 0 saturated carbocycles. The van der Waals surface area contributed by atoms with Gasteiger partial charge in [0.15, 0.2) is 0 Å². The second kappa shape index (κ2) is 8.81. The molecule has 134 valence electrons. The lowest BCUT2D eigenvalue weighted by Crippen LogP contribution is -2.43. The van der Waals surface area contributed by atoms with E-state index in [9.17, 15) is 14.7 Å². The molecule has 1 N–H and O–H groups in total. The molecule has 1 unspecified atom stereocenters. The van der Waals surface area contributed by atoms with Crippen LogP contribution in [0.3, 0.4) is 0 Å². The molecule has 0 amide bonds. The lowest BCUT2D eigenvalue weighted by atomic mass is 10.0. The zero-order chi connectivity index (χ0) is 17.1. The minimum atomic E-state index is -0.760. The highest BCUT2D eigenvalue weighted by Gasteiger charge is 2.28. The molecule has 2 aromatic rings. The van der Waals surface area contributed by atoms with Gasteiger partial charge < -0.3 is 5.11 Å². The topological polar surface area (TPSA) is 57.6 Å². The molecule has 1 atom stereocenters. The van der Waals surface area contributed by atoms with Crippen LogP contribution in [0.15, 0.2) is 36.4 Å². The molecule has 1 aromatic carbocycles. The third kappa shape index (κ3) is 4.82. The van der Waals surface area contributed by atoms with Gasteiger partial charge >= 0.3 is 5.97 Å². The van der Waals surface area contributed by atoms with E-state index in [0.717, 1.165) is 24.3 Å². The van der Waals surface area contributed by atoms with Gasteiger partial charge in [-0.3, -0.25) is 14.5 Å². The number of rotatable bonds is 5. The van der Waals surface area contributed by atoms with Crippen molar-refractivity contribution in [2.75, 3.05) is 6.54 Å². The van der Waals surface area contributed by atoms with Gasteiger partial charge in [0.2, 0.25) is 5.78 Å². The van der Waals surface area contributed by atoms with Crippen molar-refractivity contribution in [1.29, 1.82) is 0 Å². The van der Waals surface area contributed by atoms with Crippen LogP contribution in [-0.2, 0) is 11.3 Å². The van der Waals surface area contributed by atoms with Crippen molar-refractivity contribution >= 4 is 47.1 Å². The number of piperidine rings is 1. The van der Waals surface area contributed by atoms with Crippen LogP contribution in [0.4, 0.5) is 0 Å². The Balaban J connectivity index is 0.00000225. The Morgan fingerprint density at radius 1 is 1.16 bits per heavy atom. The molecule has 7 heteroatoms. The third-order valence-electron chi connectivity index (χ3n) is 4.25. The summed E-state index contributed by atoms with van der Waals surface area (Å²) in [6.45, 7) is 1.37. The Morgan fingerprint density at radius 2 is 1.88 bits per heavy atom.